The minimum Gasteiger partial charge on any atom is -0.464 e. The van der Waals surface area contributed by atoms with Crippen molar-refractivity contribution >= 4 is 29.8 Å². The van der Waals surface area contributed by atoms with Gasteiger partial charge in [-0.1, -0.05) is 72.8 Å². The molecule has 2 aliphatic rings. The summed E-state index contributed by atoms with van der Waals surface area (Å²) >= 11 is 0. The van der Waals surface area contributed by atoms with Gasteiger partial charge in [0.2, 0.25) is 11.8 Å². The Hall–Kier alpha value is -5.19. The molecular weight excluding hydrogens is 648 g/mol. The van der Waals surface area contributed by atoms with Crippen LogP contribution in [0.4, 0.5) is 4.79 Å². The summed E-state index contributed by atoms with van der Waals surface area (Å²) < 4.78 is 10.6. The number of esters is 1. The lowest BCUT2D eigenvalue weighted by molar-refractivity contribution is -0.145. The third-order valence-corrected chi connectivity index (χ3v) is 9.60. The SMILES string of the molecule is CCOC(=O)[C@H](CNC(=O)[C@@H]1CCCN(C(=O)CCC2CCN(C(=O)OCc3ccccc3)CC2)C1)NC(=O)c1ccc(-c2ccccc2)cc1. The number of carbonyl (C=O) groups excluding carboxylic acids is 5. The van der Waals surface area contributed by atoms with Gasteiger partial charge in [-0.2, -0.15) is 0 Å². The number of piperidine rings is 2. The summed E-state index contributed by atoms with van der Waals surface area (Å²) in [4.78, 5) is 68.3. The molecule has 11 nitrogen and oxygen atoms in total. The van der Waals surface area contributed by atoms with Crippen molar-refractivity contribution in [3.05, 3.63) is 96.1 Å². The van der Waals surface area contributed by atoms with E-state index >= 15 is 0 Å². The van der Waals surface area contributed by atoms with Crippen molar-refractivity contribution in [1.29, 1.82) is 0 Å². The molecule has 0 unspecified atom stereocenters. The van der Waals surface area contributed by atoms with Crippen molar-refractivity contribution in [2.75, 3.05) is 39.3 Å². The van der Waals surface area contributed by atoms with Gasteiger partial charge in [0.05, 0.1) is 12.5 Å². The van der Waals surface area contributed by atoms with Crippen LogP contribution in [0.1, 0.15) is 61.4 Å². The Morgan fingerprint density at radius 3 is 2.14 bits per heavy atom. The molecule has 2 atom stereocenters. The summed E-state index contributed by atoms with van der Waals surface area (Å²) in [6.45, 7) is 4.03. The Labute approximate surface area is 299 Å². The number of rotatable bonds is 13. The monoisotopic (exact) mass is 696 g/mol. The Kier molecular flexibility index (Phi) is 13.6. The molecule has 0 aromatic heterocycles. The van der Waals surface area contributed by atoms with Crippen LogP contribution in [0.2, 0.25) is 0 Å². The van der Waals surface area contributed by atoms with Gasteiger partial charge in [-0.15, -0.1) is 0 Å². The van der Waals surface area contributed by atoms with E-state index in [9.17, 15) is 24.0 Å². The van der Waals surface area contributed by atoms with E-state index in [0.29, 0.717) is 56.9 Å². The normalized spacial score (nSPS) is 16.8. The van der Waals surface area contributed by atoms with Gasteiger partial charge in [-0.05, 0) is 73.8 Å². The number of hydrogen-bond donors (Lipinski definition) is 2. The second kappa shape index (κ2) is 18.7. The van der Waals surface area contributed by atoms with Crippen molar-refractivity contribution in [1.82, 2.24) is 20.4 Å². The molecule has 0 saturated carbocycles. The van der Waals surface area contributed by atoms with E-state index in [0.717, 1.165) is 36.0 Å². The quantitative estimate of drug-likeness (QED) is 0.235. The molecule has 2 aliphatic heterocycles. The average molecular weight is 697 g/mol. The summed E-state index contributed by atoms with van der Waals surface area (Å²) in [5.74, 6) is -1.42. The molecule has 4 amide bonds. The first-order chi connectivity index (χ1) is 24.8. The summed E-state index contributed by atoms with van der Waals surface area (Å²) in [6, 6.07) is 25.4. The molecule has 5 rings (SSSR count). The highest BCUT2D eigenvalue weighted by Crippen LogP contribution is 2.25. The molecule has 2 saturated heterocycles. The van der Waals surface area contributed by atoms with E-state index in [1.165, 1.54) is 0 Å². The van der Waals surface area contributed by atoms with Crippen LogP contribution >= 0.6 is 0 Å². The van der Waals surface area contributed by atoms with Crippen LogP contribution in [0.5, 0.6) is 0 Å². The fraction of sp³-hybridized carbons (Fsp3) is 0.425. The fourth-order valence-electron chi connectivity index (χ4n) is 6.59. The number of hydrogen-bond acceptors (Lipinski definition) is 7. The smallest absolute Gasteiger partial charge is 0.410 e. The van der Waals surface area contributed by atoms with Gasteiger partial charge in [0.25, 0.3) is 5.91 Å². The molecule has 2 N–H and O–H groups in total. The summed E-state index contributed by atoms with van der Waals surface area (Å²) in [7, 11) is 0. The molecule has 2 fully saturated rings. The molecule has 270 valence electrons. The van der Waals surface area contributed by atoms with Crippen LogP contribution in [0.15, 0.2) is 84.9 Å². The minimum absolute atomic E-state index is 0.0205. The molecule has 3 aromatic rings. The van der Waals surface area contributed by atoms with Crippen molar-refractivity contribution in [2.45, 2.75) is 58.1 Å². The van der Waals surface area contributed by atoms with Crippen LogP contribution in [0.3, 0.4) is 0 Å². The molecule has 11 heteroatoms. The van der Waals surface area contributed by atoms with Gasteiger partial charge in [-0.25, -0.2) is 9.59 Å². The topological polar surface area (TPSA) is 134 Å². The molecule has 51 heavy (non-hydrogen) atoms. The van der Waals surface area contributed by atoms with Crippen molar-refractivity contribution in [2.24, 2.45) is 11.8 Å². The van der Waals surface area contributed by atoms with E-state index in [4.69, 9.17) is 9.47 Å². The number of nitrogens with one attached hydrogen (secondary N) is 2. The van der Waals surface area contributed by atoms with Crippen LogP contribution in [-0.4, -0.2) is 85.0 Å². The zero-order valence-corrected chi connectivity index (χ0v) is 29.3. The first kappa shape index (κ1) is 37.1. The minimum atomic E-state index is -1.08. The number of nitrogens with zero attached hydrogens (tertiary/aromatic N) is 2. The number of carbonyl (C=O) groups is 5. The van der Waals surface area contributed by atoms with Crippen molar-refractivity contribution in [3.63, 3.8) is 0 Å². The van der Waals surface area contributed by atoms with E-state index in [-0.39, 0.29) is 37.7 Å². The van der Waals surface area contributed by atoms with Gasteiger partial charge in [0.1, 0.15) is 12.6 Å². The summed E-state index contributed by atoms with van der Waals surface area (Å²) in [5.41, 5.74) is 3.31. The van der Waals surface area contributed by atoms with Crippen molar-refractivity contribution < 1.29 is 33.4 Å². The number of amides is 4. The summed E-state index contributed by atoms with van der Waals surface area (Å²) in [5, 5.41) is 5.53. The predicted octanol–water partition coefficient (Wildman–Crippen LogP) is 5.20. The van der Waals surface area contributed by atoms with Crippen LogP contribution in [0.25, 0.3) is 11.1 Å². The van der Waals surface area contributed by atoms with Gasteiger partial charge >= 0.3 is 12.1 Å². The lowest BCUT2D eigenvalue weighted by atomic mass is 9.91. The largest absolute Gasteiger partial charge is 0.464 e. The van der Waals surface area contributed by atoms with E-state index < -0.39 is 23.8 Å². The highest BCUT2D eigenvalue weighted by atomic mass is 16.6. The van der Waals surface area contributed by atoms with Crippen LogP contribution < -0.4 is 10.6 Å². The highest BCUT2D eigenvalue weighted by Gasteiger charge is 2.31. The average Bonchev–Trinajstić information content (AvgIpc) is 3.18. The molecular formula is C40H48N4O7. The lowest BCUT2D eigenvalue weighted by Crippen LogP contribution is -2.51. The molecule has 3 aromatic carbocycles. The Morgan fingerprint density at radius 1 is 0.784 bits per heavy atom. The fourth-order valence-corrected chi connectivity index (χ4v) is 6.59. The number of ether oxygens (including phenoxy) is 2. The van der Waals surface area contributed by atoms with Gasteiger partial charge in [0, 0.05) is 44.7 Å². The maximum Gasteiger partial charge on any atom is 0.410 e. The zero-order valence-electron chi connectivity index (χ0n) is 29.3. The highest BCUT2D eigenvalue weighted by molar-refractivity contribution is 5.97. The summed E-state index contributed by atoms with van der Waals surface area (Å²) in [6.07, 6.45) is 3.76. The Bertz CT molecular complexity index is 1610. The van der Waals surface area contributed by atoms with Crippen LogP contribution in [0, 0.1) is 11.8 Å². The molecule has 0 radical (unpaired) electrons. The number of likely N-dealkylation sites (tertiary alicyclic amines) is 2. The standard InChI is InChI=1S/C40H48N4O7/c1-2-50-39(48)35(42-38(47)33-18-16-32(17-19-33)31-12-7-4-8-13-31)26-41-37(46)34-14-9-23-44(27-34)36(45)20-15-29-21-24-43(25-22-29)40(49)51-28-30-10-5-3-6-11-30/h3-8,10-13,16-19,29,34-35H,2,9,14-15,20-28H2,1H3,(H,41,46)(H,42,47)/t34-,35+/m1/s1. The molecule has 2 heterocycles. The van der Waals surface area contributed by atoms with Crippen molar-refractivity contribution in [3.8, 4) is 11.1 Å². The zero-order chi connectivity index (χ0) is 36.0. The van der Waals surface area contributed by atoms with Gasteiger partial charge in [-0.3, -0.25) is 14.4 Å². The maximum absolute atomic E-state index is 13.2. The third kappa shape index (κ3) is 10.9. The van der Waals surface area contributed by atoms with Gasteiger partial charge in [0.15, 0.2) is 0 Å². The van der Waals surface area contributed by atoms with Crippen LogP contribution in [-0.2, 0) is 30.5 Å². The molecule has 0 bridgehead atoms. The molecule has 0 spiro atoms. The van der Waals surface area contributed by atoms with Gasteiger partial charge < -0.3 is 29.9 Å². The first-order valence-corrected chi connectivity index (χ1v) is 17.9. The lowest BCUT2D eigenvalue weighted by Gasteiger charge is -2.34. The predicted molar refractivity (Wildman–Crippen MR) is 192 cm³/mol. The second-order valence-electron chi connectivity index (χ2n) is 13.2. The Morgan fingerprint density at radius 2 is 1.45 bits per heavy atom. The van der Waals surface area contributed by atoms with E-state index in [2.05, 4.69) is 10.6 Å². The third-order valence-electron chi connectivity index (χ3n) is 9.60. The number of benzene rings is 3. The van der Waals surface area contributed by atoms with E-state index in [1.807, 2.05) is 72.8 Å². The first-order valence-electron chi connectivity index (χ1n) is 17.9. The second-order valence-corrected chi connectivity index (χ2v) is 13.2. The van der Waals surface area contributed by atoms with E-state index in [1.54, 1.807) is 28.9 Å². The maximum atomic E-state index is 13.2. The Balaban J connectivity index is 1.04. The molecule has 0 aliphatic carbocycles.